The van der Waals surface area contributed by atoms with Crippen LogP contribution in [-0.2, 0) is 4.79 Å². The average molecular weight is 283 g/mol. The number of hydrogen-bond donors (Lipinski definition) is 1. The number of hydrogen-bond acceptors (Lipinski definition) is 2. The average Bonchev–Trinajstić information content (AvgIpc) is 3.01. The fourth-order valence-corrected chi connectivity index (χ4v) is 2.16. The van der Waals surface area contributed by atoms with E-state index in [1.165, 1.54) is 0 Å². The monoisotopic (exact) mass is 283 g/mol. The van der Waals surface area contributed by atoms with E-state index in [2.05, 4.69) is 16.4 Å². The van der Waals surface area contributed by atoms with Gasteiger partial charge in [0, 0.05) is 23.7 Å². The van der Waals surface area contributed by atoms with Gasteiger partial charge < -0.3 is 9.88 Å². The molecule has 1 atom stereocenters. The van der Waals surface area contributed by atoms with E-state index in [0.29, 0.717) is 0 Å². The molecule has 0 spiro atoms. The van der Waals surface area contributed by atoms with Crippen molar-refractivity contribution in [1.29, 1.82) is 0 Å². The summed E-state index contributed by atoms with van der Waals surface area (Å²) in [6.07, 6.45) is 8.21. The Morgan fingerprint density at radius 2 is 2.29 bits per heavy atom. The van der Waals surface area contributed by atoms with Crippen LogP contribution in [0.15, 0.2) is 54.6 Å². The fraction of sp³-hybridized carbons (Fsp3) is 0.294. The number of nitrogens with zero attached hydrogens (tertiary/aromatic N) is 2. The van der Waals surface area contributed by atoms with Crippen LogP contribution in [0.25, 0.3) is 5.69 Å². The van der Waals surface area contributed by atoms with Crippen molar-refractivity contribution in [2.24, 2.45) is 0 Å². The largest absolute Gasteiger partial charge is 0.346 e. The van der Waals surface area contributed by atoms with Crippen LogP contribution in [0.5, 0.6) is 0 Å². The summed E-state index contributed by atoms with van der Waals surface area (Å²) >= 11 is 0. The molecule has 0 fully saturated rings. The van der Waals surface area contributed by atoms with Crippen molar-refractivity contribution in [1.82, 2.24) is 14.9 Å². The highest BCUT2D eigenvalue weighted by Crippen LogP contribution is 2.17. The molecule has 2 aromatic rings. The number of rotatable bonds is 5. The van der Waals surface area contributed by atoms with Gasteiger partial charge in [0.15, 0.2) is 0 Å². The van der Waals surface area contributed by atoms with Gasteiger partial charge in [0.1, 0.15) is 0 Å². The molecule has 0 aliphatic rings. The fourth-order valence-electron chi connectivity index (χ4n) is 2.16. The summed E-state index contributed by atoms with van der Waals surface area (Å²) in [6, 6.07) is 8.04. The maximum atomic E-state index is 12.0. The Morgan fingerprint density at radius 1 is 1.48 bits per heavy atom. The van der Waals surface area contributed by atoms with E-state index < -0.39 is 0 Å². The Morgan fingerprint density at radius 3 is 2.95 bits per heavy atom. The lowest BCUT2D eigenvalue weighted by Crippen LogP contribution is -2.27. The molecule has 110 valence electrons. The highest BCUT2D eigenvalue weighted by molar-refractivity contribution is 5.92. The van der Waals surface area contributed by atoms with Gasteiger partial charge in [0.2, 0.25) is 5.91 Å². The van der Waals surface area contributed by atoms with Gasteiger partial charge in [-0.05, 0) is 38.0 Å². The highest BCUT2D eigenvalue weighted by Gasteiger charge is 2.11. The topological polar surface area (TPSA) is 46.9 Å². The van der Waals surface area contributed by atoms with Crippen molar-refractivity contribution < 1.29 is 4.79 Å². The van der Waals surface area contributed by atoms with Crippen LogP contribution < -0.4 is 5.32 Å². The SMILES string of the molecule is CC/C=C(\C)C(=O)NC(C)c1cccc(-n2ccnc2)c1. The van der Waals surface area contributed by atoms with E-state index >= 15 is 0 Å². The molecule has 21 heavy (non-hydrogen) atoms. The maximum Gasteiger partial charge on any atom is 0.247 e. The summed E-state index contributed by atoms with van der Waals surface area (Å²) in [5.74, 6) is -0.0163. The van der Waals surface area contributed by atoms with E-state index in [1.807, 2.05) is 55.8 Å². The van der Waals surface area contributed by atoms with Crippen molar-refractivity contribution in [2.45, 2.75) is 33.2 Å². The summed E-state index contributed by atoms with van der Waals surface area (Å²) in [5.41, 5.74) is 2.86. The van der Waals surface area contributed by atoms with E-state index in [1.54, 1.807) is 12.5 Å². The van der Waals surface area contributed by atoms with Crippen molar-refractivity contribution in [3.8, 4) is 5.69 Å². The molecular formula is C17H21N3O. The lowest BCUT2D eigenvalue weighted by molar-refractivity contribution is -0.118. The molecule has 0 radical (unpaired) electrons. The van der Waals surface area contributed by atoms with Crippen LogP contribution in [0, 0.1) is 0 Å². The Kier molecular flexibility index (Phi) is 4.93. The zero-order valence-corrected chi connectivity index (χ0v) is 12.7. The van der Waals surface area contributed by atoms with Gasteiger partial charge in [0.05, 0.1) is 12.4 Å². The third-order valence-corrected chi connectivity index (χ3v) is 3.39. The Balaban J connectivity index is 2.13. The lowest BCUT2D eigenvalue weighted by Gasteiger charge is -2.16. The van der Waals surface area contributed by atoms with E-state index in [0.717, 1.165) is 23.2 Å². The molecule has 0 saturated heterocycles. The summed E-state index contributed by atoms with van der Waals surface area (Å²) in [5, 5.41) is 3.02. The zero-order valence-electron chi connectivity index (χ0n) is 12.7. The predicted molar refractivity (Wildman–Crippen MR) is 84.2 cm³/mol. The molecule has 1 aromatic carbocycles. The summed E-state index contributed by atoms with van der Waals surface area (Å²) in [6.45, 7) is 5.85. The normalized spacial score (nSPS) is 13.0. The first kappa shape index (κ1) is 15.0. The van der Waals surface area contributed by atoms with Crippen molar-refractivity contribution in [3.05, 3.63) is 60.2 Å². The molecule has 1 aromatic heterocycles. The van der Waals surface area contributed by atoms with Crippen LogP contribution in [0.2, 0.25) is 0 Å². The Bertz CT molecular complexity index is 629. The van der Waals surface area contributed by atoms with Crippen molar-refractivity contribution in [2.75, 3.05) is 0 Å². The number of carbonyl (C=O) groups is 1. The smallest absolute Gasteiger partial charge is 0.247 e. The van der Waals surface area contributed by atoms with Gasteiger partial charge in [-0.3, -0.25) is 4.79 Å². The molecule has 0 bridgehead atoms. The van der Waals surface area contributed by atoms with Crippen LogP contribution in [0.3, 0.4) is 0 Å². The first-order valence-corrected chi connectivity index (χ1v) is 7.17. The third kappa shape index (κ3) is 3.81. The second kappa shape index (κ2) is 6.88. The zero-order chi connectivity index (χ0) is 15.2. The number of benzene rings is 1. The number of aromatic nitrogens is 2. The molecule has 0 aliphatic heterocycles. The van der Waals surface area contributed by atoms with Crippen molar-refractivity contribution in [3.63, 3.8) is 0 Å². The minimum atomic E-state index is -0.0406. The summed E-state index contributed by atoms with van der Waals surface area (Å²) in [7, 11) is 0. The van der Waals surface area contributed by atoms with Crippen LogP contribution in [0.1, 0.15) is 38.8 Å². The number of nitrogens with one attached hydrogen (secondary N) is 1. The number of carbonyl (C=O) groups excluding carboxylic acids is 1. The first-order chi connectivity index (χ1) is 10.1. The van der Waals surface area contributed by atoms with Gasteiger partial charge in [-0.1, -0.05) is 25.1 Å². The number of allylic oxidation sites excluding steroid dienone is 1. The van der Waals surface area contributed by atoms with Gasteiger partial charge in [-0.2, -0.15) is 0 Å². The summed E-state index contributed by atoms with van der Waals surface area (Å²) in [4.78, 5) is 16.1. The molecule has 1 amide bonds. The van der Waals surface area contributed by atoms with Crippen molar-refractivity contribution >= 4 is 5.91 Å². The van der Waals surface area contributed by atoms with Crippen LogP contribution in [0.4, 0.5) is 0 Å². The second-order valence-corrected chi connectivity index (χ2v) is 5.06. The molecule has 2 rings (SSSR count). The van der Waals surface area contributed by atoms with E-state index in [4.69, 9.17) is 0 Å². The van der Waals surface area contributed by atoms with E-state index in [9.17, 15) is 4.79 Å². The molecule has 0 aliphatic carbocycles. The maximum absolute atomic E-state index is 12.0. The van der Waals surface area contributed by atoms with Gasteiger partial charge in [0.25, 0.3) is 0 Å². The Labute approximate surface area is 125 Å². The summed E-state index contributed by atoms with van der Waals surface area (Å²) < 4.78 is 1.94. The molecule has 4 heteroatoms. The Hall–Kier alpha value is -2.36. The molecule has 1 heterocycles. The number of amides is 1. The van der Waals surface area contributed by atoms with Gasteiger partial charge >= 0.3 is 0 Å². The quantitative estimate of drug-likeness (QED) is 0.855. The van der Waals surface area contributed by atoms with Gasteiger partial charge in [-0.15, -0.1) is 0 Å². The molecule has 1 unspecified atom stereocenters. The second-order valence-electron chi connectivity index (χ2n) is 5.06. The lowest BCUT2D eigenvalue weighted by atomic mass is 10.1. The third-order valence-electron chi connectivity index (χ3n) is 3.39. The van der Waals surface area contributed by atoms with Crippen LogP contribution >= 0.6 is 0 Å². The standard InChI is InChI=1S/C17H21N3O/c1-4-6-13(2)17(21)19-14(3)15-7-5-8-16(11-15)20-10-9-18-12-20/h5-12,14H,4H2,1-3H3,(H,19,21)/b13-6+. The number of imidazole rings is 1. The van der Waals surface area contributed by atoms with E-state index in [-0.39, 0.29) is 11.9 Å². The molecule has 0 saturated carbocycles. The highest BCUT2D eigenvalue weighted by atomic mass is 16.1. The first-order valence-electron chi connectivity index (χ1n) is 7.17. The van der Waals surface area contributed by atoms with Crippen LogP contribution in [-0.4, -0.2) is 15.5 Å². The minimum absolute atomic E-state index is 0.0163. The molecular weight excluding hydrogens is 262 g/mol. The minimum Gasteiger partial charge on any atom is -0.346 e. The molecule has 4 nitrogen and oxygen atoms in total. The molecule has 1 N–H and O–H groups in total. The van der Waals surface area contributed by atoms with Gasteiger partial charge in [-0.25, -0.2) is 4.98 Å². The predicted octanol–water partition coefficient (Wildman–Crippen LogP) is 3.41.